The Morgan fingerprint density at radius 1 is 1.03 bits per heavy atom. The highest BCUT2D eigenvalue weighted by atomic mass is 16.2. The van der Waals surface area contributed by atoms with Crippen LogP contribution < -0.4 is 0 Å². The molecule has 0 aliphatic carbocycles. The van der Waals surface area contributed by atoms with Gasteiger partial charge >= 0.3 is 0 Å². The minimum atomic E-state index is 0.0546. The zero-order valence-electron chi connectivity index (χ0n) is 21.7. The number of hydrogen-bond donors (Lipinski definition) is 1. The van der Waals surface area contributed by atoms with E-state index in [4.69, 9.17) is 4.98 Å². The summed E-state index contributed by atoms with van der Waals surface area (Å²) in [6, 6.07) is 21.4. The average molecular weight is 492 g/mol. The van der Waals surface area contributed by atoms with Crippen molar-refractivity contribution in [3.05, 3.63) is 89.9 Å². The number of aryl methyl sites for hydroxylation is 1. The smallest absolute Gasteiger partial charge is 0.253 e. The lowest BCUT2D eigenvalue weighted by atomic mass is 9.89. The van der Waals surface area contributed by atoms with Crippen LogP contribution in [-0.2, 0) is 13.6 Å². The minimum absolute atomic E-state index is 0.0546. The first kappa shape index (κ1) is 23.5. The van der Waals surface area contributed by atoms with Crippen molar-refractivity contribution in [2.24, 2.45) is 7.05 Å². The summed E-state index contributed by atoms with van der Waals surface area (Å²) in [5, 5.41) is 2.43. The molecule has 3 aromatic heterocycles. The maximum Gasteiger partial charge on any atom is 0.253 e. The van der Waals surface area contributed by atoms with Crippen LogP contribution in [0.1, 0.15) is 40.4 Å². The van der Waals surface area contributed by atoms with Gasteiger partial charge in [0.1, 0.15) is 5.65 Å². The van der Waals surface area contributed by atoms with E-state index in [1.54, 1.807) is 19.0 Å². The lowest BCUT2D eigenvalue weighted by Gasteiger charge is -2.32. The summed E-state index contributed by atoms with van der Waals surface area (Å²) in [6.45, 7) is 3.05. The highest BCUT2D eigenvalue weighted by Crippen LogP contribution is 2.33. The van der Waals surface area contributed by atoms with Crippen molar-refractivity contribution < 1.29 is 4.79 Å². The van der Waals surface area contributed by atoms with Gasteiger partial charge in [0.15, 0.2) is 0 Å². The molecule has 6 nitrogen and oxygen atoms in total. The number of H-pyrrole nitrogens is 1. The van der Waals surface area contributed by atoms with E-state index >= 15 is 0 Å². The van der Waals surface area contributed by atoms with Crippen LogP contribution >= 0.6 is 0 Å². The van der Waals surface area contributed by atoms with E-state index in [9.17, 15) is 4.79 Å². The molecule has 188 valence electrons. The van der Waals surface area contributed by atoms with Crippen molar-refractivity contribution in [1.29, 1.82) is 0 Å². The van der Waals surface area contributed by atoms with Gasteiger partial charge in [-0.2, -0.15) is 0 Å². The van der Waals surface area contributed by atoms with Crippen LogP contribution in [0.5, 0.6) is 0 Å². The molecule has 0 unspecified atom stereocenters. The minimum Gasteiger partial charge on any atom is -0.361 e. The number of piperidine rings is 1. The zero-order chi connectivity index (χ0) is 25.5. The quantitative estimate of drug-likeness (QED) is 0.338. The zero-order valence-corrected chi connectivity index (χ0v) is 21.7. The fourth-order valence-corrected chi connectivity index (χ4v) is 5.71. The molecule has 1 aliphatic rings. The normalized spacial score (nSPS) is 15.0. The third-order valence-corrected chi connectivity index (χ3v) is 7.90. The van der Waals surface area contributed by atoms with E-state index in [2.05, 4.69) is 70.0 Å². The lowest BCUT2D eigenvalue weighted by Crippen LogP contribution is -2.33. The first-order chi connectivity index (χ1) is 18.0. The van der Waals surface area contributed by atoms with E-state index in [1.807, 2.05) is 24.5 Å². The fourth-order valence-electron chi connectivity index (χ4n) is 5.71. The number of hydrogen-bond acceptors (Lipinski definition) is 3. The number of pyridine rings is 1. The number of aromatic nitrogens is 3. The van der Waals surface area contributed by atoms with Gasteiger partial charge in [-0.05, 0) is 96.4 Å². The molecule has 0 saturated carbocycles. The van der Waals surface area contributed by atoms with Gasteiger partial charge in [-0.15, -0.1) is 0 Å². The number of amides is 1. The van der Waals surface area contributed by atoms with Gasteiger partial charge in [0.05, 0.1) is 0 Å². The summed E-state index contributed by atoms with van der Waals surface area (Å²) in [5.74, 6) is 0.600. The van der Waals surface area contributed by atoms with Gasteiger partial charge in [0.25, 0.3) is 5.91 Å². The third kappa shape index (κ3) is 4.42. The summed E-state index contributed by atoms with van der Waals surface area (Å²) in [7, 11) is 5.72. The highest BCUT2D eigenvalue weighted by molar-refractivity contribution is 5.96. The summed E-state index contributed by atoms with van der Waals surface area (Å²) < 4.78 is 2.25. The Balaban J connectivity index is 1.17. The molecule has 0 bridgehead atoms. The van der Waals surface area contributed by atoms with Gasteiger partial charge in [-0.1, -0.05) is 18.2 Å². The van der Waals surface area contributed by atoms with Crippen LogP contribution in [0.25, 0.3) is 33.1 Å². The molecular formula is C31H33N5O. The Hall–Kier alpha value is -3.90. The first-order valence-electron chi connectivity index (χ1n) is 13.0. The molecule has 2 aromatic carbocycles. The number of carbonyl (C=O) groups is 1. The number of carbonyl (C=O) groups excluding carboxylic acids is 1. The molecule has 0 radical (unpaired) electrons. The number of benzene rings is 2. The molecule has 6 rings (SSSR count). The molecule has 1 aliphatic heterocycles. The van der Waals surface area contributed by atoms with Crippen LogP contribution in [0, 0.1) is 0 Å². The molecule has 1 amide bonds. The van der Waals surface area contributed by atoms with Crippen LogP contribution in [0.15, 0.2) is 73.1 Å². The van der Waals surface area contributed by atoms with Crippen molar-refractivity contribution in [1.82, 2.24) is 24.3 Å². The van der Waals surface area contributed by atoms with E-state index in [0.29, 0.717) is 5.92 Å². The molecule has 6 heteroatoms. The topological polar surface area (TPSA) is 57.2 Å². The maximum atomic E-state index is 12.2. The fraction of sp³-hybridized carbons (Fsp3) is 0.290. The Kier molecular flexibility index (Phi) is 6.05. The standard InChI is InChI=1S/C31H33N5O/c1-34(2)31(37)23-6-4-21(5-7-23)22-12-16-36(17-13-22)20-26-19-28-27(11-15-33-30(28)35(26)3)24-8-9-29-25(18-24)10-14-32-29/h4-11,14-15,18-19,22,32H,12-13,16-17,20H2,1-3H3. The van der Waals surface area contributed by atoms with Crippen LogP contribution in [-0.4, -0.2) is 57.4 Å². The van der Waals surface area contributed by atoms with E-state index < -0.39 is 0 Å². The number of nitrogens with zero attached hydrogens (tertiary/aromatic N) is 4. The first-order valence-corrected chi connectivity index (χ1v) is 13.0. The van der Waals surface area contributed by atoms with Crippen LogP contribution in [0.2, 0.25) is 0 Å². The monoisotopic (exact) mass is 491 g/mol. The Bertz CT molecular complexity index is 1570. The Labute approximate surface area is 217 Å². The van der Waals surface area contributed by atoms with E-state index in [0.717, 1.165) is 49.2 Å². The van der Waals surface area contributed by atoms with Crippen LogP contribution in [0.4, 0.5) is 0 Å². The molecular weight excluding hydrogens is 458 g/mol. The number of rotatable bonds is 5. The second kappa shape index (κ2) is 9.52. The SMILES string of the molecule is CN(C)C(=O)c1ccc(C2CCN(Cc3cc4c(-c5ccc6[nH]ccc6c5)ccnc4n3C)CC2)cc1. The number of nitrogens with one attached hydrogen (secondary N) is 1. The second-order valence-corrected chi connectivity index (χ2v) is 10.4. The number of fused-ring (bicyclic) bond motifs is 2. The van der Waals surface area contributed by atoms with Crippen LogP contribution in [0.3, 0.4) is 0 Å². The van der Waals surface area contributed by atoms with Gasteiger partial charge < -0.3 is 14.5 Å². The van der Waals surface area contributed by atoms with Gasteiger partial charge in [0, 0.05) is 62.2 Å². The Morgan fingerprint density at radius 2 is 1.81 bits per heavy atom. The summed E-state index contributed by atoms with van der Waals surface area (Å²) in [6.07, 6.45) is 6.17. The van der Waals surface area contributed by atoms with Gasteiger partial charge in [-0.3, -0.25) is 9.69 Å². The van der Waals surface area contributed by atoms with E-state index in [1.165, 1.54) is 33.2 Å². The summed E-state index contributed by atoms with van der Waals surface area (Å²) in [4.78, 5) is 24.4. The van der Waals surface area contributed by atoms with Gasteiger partial charge in [0.2, 0.25) is 0 Å². The molecule has 0 atom stereocenters. The van der Waals surface area contributed by atoms with Crippen molar-refractivity contribution >= 4 is 27.8 Å². The summed E-state index contributed by atoms with van der Waals surface area (Å²) in [5.41, 5.74) is 8.02. The van der Waals surface area contributed by atoms with Gasteiger partial charge in [-0.25, -0.2) is 4.98 Å². The van der Waals surface area contributed by atoms with Crippen molar-refractivity contribution in [3.8, 4) is 11.1 Å². The van der Waals surface area contributed by atoms with Crippen molar-refractivity contribution in [2.45, 2.75) is 25.3 Å². The molecule has 5 aromatic rings. The molecule has 37 heavy (non-hydrogen) atoms. The molecule has 1 N–H and O–H groups in total. The second-order valence-electron chi connectivity index (χ2n) is 10.4. The lowest BCUT2D eigenvalue weighted by molar-refractivity contribution is 0.0827. The summed E-state index contributed by atoms with van der Waals surface area (Å²) >= 11 is 0. The molecule has 1 saturated heterocycles. The molecule has 1 fully saturated rings. The van der Waals surface area contributed by atoms with E-state index in [-0.39, 0.29) is 5.91 Å². The highest BCUT2D eigenvalue weighted by Gasteiger charge is 2.22. The third-order valence-electron chi connectivity index (χ3n) is 7.90. The largest absolute Gasteiger partial charge is 0.361 e. The predicted molar refractivity (Wildman–Crippen MR) is 150 cm³/mol. The number of aromatic amines is 1. The Morgan fingerprint density at radius 3 is 2.57 bits per heavy atom. The van der Waals surface area contributed by atoms with Crippen molar-refractivity contribution in [3.63, 3.8) is 0 Å². The average Bonchev–Trinajstić information content (AvgIpc) is 3.52. The predicted octanol–water partition coefficient (Wildman–Crippen LogP) is 5.80. The maximum absolute atomic E-state index is 12.2. The number of likely N-dealkylation sites (tertiary alicyclic amines) is 1. The molecule has 0 spiro atoms. The van der Waals surface area contributed by atoms with Crippen molar-refractivity contribution in [2.75, 3.05) is 27.2 Å². The molecule has 4 heterocycles.